The fourth-order valence-corrected chi connectivity index (χ4v) is 4.82. The van der Waals surface area contributed by atoms with Gasteiger partial charge in [0.25, 0.3) is 0 Å². The third-order valence-electron chi connectivity index (χ3n) is 6.50. The molecular weight excluding hydrogens is 487 g/mol. The molecule has 0 bridgehead atoms. The summed E-state index contributed by atoms with van der Waals surface area (Å²) in [5.41, 5.74) is 4.56. The molecule has 1 atom stereocenters. The lowest BCUT2D eigenvalue weighted by molar-refractivity contribution is 0.242. The molecule has 6 nitrogen and oxygen atoms in total. The highest BCUT2D eigenvalue weighted by molar-refractivity contribution is 14.0. The van der Waals surface area contributed by atoms with Crippen LogP contribution in [0.1, 0.15) is 49.1 Å². The number of para-hydroxylation sites is 1. The predicted molar refractivity (Wildman–Crippen MR) is 134 cm³/mol. The van der Waals surface area contributed by atoms with Crippen LogP contribution >= 0.6 is 24.0 Å². The number of halogens is 1. The molecule has 1 saturated heterocycles. The Morgan fingerprint density at radius 1 is 1.13 bits per heavy atom. The first kappa shape index (κ1) is 23.1. The number of aromatic nitrogens is 2. The van der Waals surface area contributed by atoms with Crippen molar-refractivity contribution in [2.45, 2.75) is 64.6 Å². The number of guanidine groups is 1. The van der Waals surface area contributed by atoms with Crippen molar-refractivity contribution >= 4 is 29.9 Å². The highest BCUT2D eigenvalue weighted by Gasteiger charge is 2.30. The van der Waals surface area contributed by atoms with Crippen LogP contribution in [0.3, 0.4) is 0 Å². The van der Waals surface area contributed by atoms with Crippen LogP contribution in [0.15, 0.2) is 35.3 Å². The number of hydrogen-bond acceptors (Lipinski definition) is 3. The monoisotopic (exact) mass is 522 g/mol. The quantitative estimate of drug-likeness (QED) is 0.357. The van der Waals surface area contributed by atoms with Crippen LogP contribution in [0.5, 0.6) is 0 Å². The van der Waals surface area contributed by atoms with Crippen molar-refractivity contribution in [2.24, 2.45) is 4.99 Å². The minimum Gasteiger partial charge on any atom is -0.352 e. The van der Waals surface area contributed by atoms with Gasteiger partial charge in [-0.15, -0.1) is 24.0 Å². The summed E-state index contributed by atoms with van der Waals surface area (Å²) in [6.45, 7) is 7.28. The van der Waals surface area contributed by atoms with Gasteiger partial charge >= 0.3 is 0 Å². The Hall–Kier alpha value is -1.61. The lowest BCUT2D eigenvalue weighted by atomic mass is 10.2. The number of hydrogen-bond donors (Lipinski definition) is 2. The summed E-state index contributed by atoms with van der Waals surface area (Å²) >= 11 is 0. The molecule has 2 heterocycles. The molecule has 1 aliphatic carbocycles. The van der Waals surface area contributed by atoms with Gasteiger partial charge in [0.1, 0.15) is 0 Å². The van der Waals surface area contributed by atoms with Crippen molar-refractivity contribution in [1.29, 1.82) is 0 Å². The largest absolute Gasteiger partial charge is 0.352 e. The van der Waals surface area contributed by atoms with Crippen molar-refractivity contribution in [1.82, 2.24) is 25.3 Å². The molecule has 2 aliphatic rings. The second kappa shape index (κ2) is 10.6. The minimum atomic E-state index is 0. The number of aryl methyl sites for hydroxylation is 1. The van der Waals surface area contributed by atoms with Crippen LogP contribution in [-0.2, 0) is 6.54 Å². The first-order chi connectivity index (χ1) is 14.2. The van der Waals surface area contributed by atoms with Gasteiger partial charge in [0.15, 0.2) is 5.96 Å². The zero-order valence-corrected chi connectivity index (χ0v) is 20.7. The van der Waals surface area contributed by atoms with E-state index in [0.717, 1.165) is 36.5 Å². The summed E-state index contributed by atoms with van der Waals surface area (Å²) in [6, 6.07) is 11.6. The molecule has 164 valence electrons. The van der Waals surface area contributed by atoms with Gasteiger partial charge in [0.2, 0.25) is 0 Å². The Bertz CT molecular complexity index is 841. The molecule has 1 unspecified atom stereocenters. The lowest BCUT2D eigenvalue weighted by Gasteiger charge is -2.24. The van der Waals surface area contributed by atoms with Crippen LogP contribution in [0.25, 0.3) is 5.69 Å². The highest BCUT2D eigenvalue weighted by Crippen LogP contribution is 2.26. The Labute approximate surface area is 197 Å². The topological polar surface area (TPSA) is 57.5 Å². The van der Waals surface area contributed by atoms with Crippen LogP contribution < -0.4 is 10.6 Å². The van der Waals surface area contributed by atoms with Gasteiger partial charge in [-0.3, -0.25) is 9.89 Å². The van der Waals surface area contributed by atoms with Gasteiger partial charge in [-0.2, -0.15) is 5.10 Å². The molecular formula is C23H35IN6. The first-order valence-electron chi connectivity index (χ1n) is 11.0. The van der Waals surface area contributed by atoms with Crippen molar-refractivity contribution < 1.29 is 0 Å². The normalized spacial score (nSPS) is 20.4. The van der Waals surface area contributed by atoms with E-state index in [-0.39, 0.29) is 24.0 Å². The third-order valence-corrected chi connectivity index (χ3v) is 6.50. The highest BCUT2D eigenvalue weighted by atomic mass is 127. The summed E-state index contributed by atoms with van der Waals surface area (Å²) in [4.78, 5) is 7.14. The van der Waals surface area contributed by atoms with E-state index in [1.807, 2.05) is 29.9 Å². The van der Waals surface area contributed by atoms with Crippen LogP contribution in [-0.4, -0.2) is 52.9 Å². The van der Waals surface area contributed by atoms with Gasteiger partial charge in [0, 0.05) is 50.0 Å². The average Bonchev–Trinajstić information content (AvgIpc) is 3.48. The molecule has 1 aliphatic heterocycles. The Morgan fingerprint density at radius 3 is 2.57 bits per heavy atom. The van der Waals surface area contributed by atoms with Crippen molar-refractivity contribution in [2.75, 3.05) is 20.1 Å². The fourth-order valence-electron chi connectivity index (χ4n) is 4.82. The van der Waals surface area contributed by atoms with Crippen LogP contribution in [0.2, 0.25) is 0 Å². The van der Waals surface area contributed by atoms with Gasteiger partial charge in [-0.25, -0.2) is 4.68 Å². The summed E-state index contributed by atoms with van der Waals surface area (Å²) < 4.78 is 2.03. The summed E-state index contributed by atoms with van der Waals surface area (Å²) in [5, 5.41) is 11.9. The summed E-state index contributed by atoms with van der Waals surface area (Å²) in [5.74, 6) is 0.884. The second-order valence-corrected chi connectivity index (χ2v) is 8.39. The molecule has 1 aromatic carbocycles. The van der Waals surface area contributed by atoms with E-state index in [1.54, 1.807) is 0 Å². The summed E-state index contributed by atoms with van der Waals surface area (Å²) in [7, 11) is 1.85. The number of rotatable bonds is 5. The molecule has 30 heavy (non-hydrogen) atoms. The van der Waals surface area contributed by atoms with E-state index >= 15 is 0 Å². The minimum absolute atomic E-state index is 0. The number of nitrogens with zero attached hydrogens (tertiary/aromatic N) is 4. The van der Waals surface area contributed by atoms with E-state index < -0.39 is 0 Å². The molecule has 2 fully saturated rings. The third kappa shape index (κ3) is 5.17. The maximum absolute atomic E-state index is 4.75. The Balaban J connectivity index is 0.00000256. The molecule has 1 aromatic heterocycles. The SMILES string of the molecule is CN=C(NCc1c(C)nn(-c2ccccc2)c1C)NC1CCN(C2CCCC2)C1.I. The van der Waals surface area contributed by atoms with Crippen molar-refractivity contribution in [3.8, 4) is 5.69 Å². The van der Waals surface area contributed by atoms with E-state index in [9.17, 15) is 0 Å². The number of nitrogens with one attached hydrogen (secondary N) is 2. The lowest BCUT2D eigenvalue weighted by Crippen LogP contribution is -2.45. The first-order valence-corrected chi connectivity index (χ1v) is 11.0. The zero-order valence-electron chi connectivity index (χ0n) is 18.4. The van der Waals surface area contributed by atoms with Crippen LogP contribution in [0, 0.1) is 13.8 Å². The maximum atomic E-state index is 4.75. The van der Waals surface area contributed by atoms with Gasteiger partial charge in [0.05, 0.1) is 11.4 Å². The second-order valence-electron chi connectivity index (χ2n) is 8.39. The fraction of sp³-hybridized carbons (Fsp3) is 0.565. The molecule has 2 N–H and O–H groups in total. The smallest absolute Gasteiger partial charge is 0.191 e. The van der Waals surface area contributed by atoms with Gasteiger partial charge < -0.3 is 10.6 Å². The number of aliphatic imine (C=N–C) groups is 1. The Morgan fingerprint density at radius 2 is 1.87 bits per heavy atom. The zero-order chi connectivity index (χ0) is 20.2. The summed E-state index contributed by atoms with van der Waals surface area (Å²) in [6.07, 6.45) is 6.75. The average molecular weight is 522 g/mol. The molecule has 2 aromatic rings. The molecule has 0 spiro atoms. The molecule has 1 saturated carbocycles. The molecule has 0 amide bonds. The van der Waals surface area contributed by atoms with Crippen molar-refractivity contribution in [3.63, 3.8) is 0 Å². The standard InChI is InChI=1S/C23H34N6.HI/c1-17-22(18(2)29(27-17)21-11-5-4-6-12-21)15-25-23(24-3)26-19-13-14-28(16-19)20-9-7-8-10-20;/h4-6,11-12,19-20H,7-10,13-16H2,1-3H3,(H2,24,25,26);1H. The maximum Gasteiger partial charge on any atom is 0.191 e. The van der Waals surface area contributed by atoms with E-state index in [1.165, 1.54) is 49.9 Å². The number of benzene rings is 1. The Kier molecular flexibility index (Phi) is 8.16. The molecule has 0 radical (unpaired) electrons. The van der Waals surface area contributed by atoms with E-state index in [2.05, 4.69) is 46.5 Å². The van der Waals surface area contributed by atoms with Gasteiger partial charge in [-0.05, 0) is 45.2 Å². The molecule has 4 rings (SSSR count). The predicted octanol–water partition coefficient (Wildman–Crippen LogP) is 3.79. The van der Waals surface area contributed by atoms with Gasteiger partial charge in [-0.1, -0.05) is 31.0 Å². The molecule has 7 heteroatoms. The van der Waals surface area contributed by atoms with Crippen LogP contribution in [0.4, 0.5) is 0 Å². The van der Waals surface area contributed by atoms with Crippen molar-refractivity contribution in [3.05, 3.63) is 47.3 Å². The number of likely N-dealkylation sites (tertiary alicyclic amines) is 1. The van der Waals surface area contributed by atoms with E-state index in [4.69, 9.17) is 5.10 Å². The van der Waals surface area contributed by atoms with E-state index in [0.29, 0.717) is 6.04 Å².